The van der Waals surface area contributed by atoms with Gasteiger partial charge in [-0.15, -0.1) is 34.7 Å². The fourth-order valence-corrected chi connectivity index (χ4v) is 3.48. The Bertz CT molecular complexity index is 1080. The first-order valence-corrected chi connectivity index (χ1v) is 8.98. The maximum absolute atomic E-state index is 12.7. The first kappa shape index (κ1) is 18.1. The zero-order valence-corrected chi connectivity index (χ0v) is 15.0. The number of thiazole rings is 1. The molecule has 0 unspecified atom stereocenters. The quantitative estimate of drug-likeness (QED) is 0.532. The van der Waals surface area contributed by atoms with Crippen LogP contribution in [0.25, 0.3) is 22.4 Å². The molecule has 2 heterocycles. The number of alkyl halides is 3. The Morgan fingerprint density at radius 1 is 1.04 bits per heavy atom. The summed E-state index contributed by atoms with van der Waals surface area (Å²) in [6.07, 6.45) is -4.31. The summed E-state index contributed by atoms with van der Waals surface area (Å²) in [6, 6.07) is 13.2. The van der Waals surface area contributed by atoms with Crippen LogP contribution in [-0.2, 0) is 6.42 Å². The largest absolute Gasteiger partial charge is 0.573 e. The molecule has 0 aliphatic carbocycles. The van der Waals surface area contributed by atoms with Gasteiger partial charge in [0.05, 0.1) is 12.1 Å². The normalized spacial score (nSPS) is 11.5. The standard InChI is InChI=1S/C18H12F3N5OS/c19-18(20,21)27-15-7-2-1-6-13(15)11-4-3-5-12(8-11)14-10-28-17(22-14)9-16-23-25-26-24-16/h1-8,10H,9H2,(H,23,24,25,26). The SMILES string of the molecule is FC(F)(F)Oc1ccccc1-c1cccc(-c2csc(Cc3nn[nH]n3)n2)c1. The van der Waals surface area contributed by atoms with Gasteiger partial charge in [0.25, 0.3) is 0 Å². The molecule has 0 amide bonds. The molecule has 2 aromatic carbocycles. The third kappa shape index (κ3) is 4.17. The van der Waals surface area contributed by atoms with Gasteiger partial charge in [-0.25, -0.2) is 4.98 Å². The molecule has 0 radical (unpaired) electrons. The van der Waals surface area contributed by atoms with Crippen LogP contribution < -0.4 is 4.74 Å². The number of nitrogens with one attached hydrogen (secondary N) is 1. The van der Waals surface area contributed by atoms with E-state index in [0.717, 1.165) is 16.3 Å². The number of halogens is 3. The van der Waals surface area contributed by atoms with Crippen molar-refractivity contribution in [1.29, 1.82) is 0 Å². The van der Waals surface area contributed by atoms with Crippen molar-refractivity contribution in [1.82, 2.24) is 25.6 Å². The number of hydrogen-bond donors (Lipinski definition) is 1. The van der Waals surface area contributed by atoms with Crippen molar-refractivity contribution < 1.29 is 17.9 Å². The summed E-state index contributed by atoms with van der Waals surface area (Å²) < 4.78 is 42.2. The topological polar surface area (TPSA) is 76.6 Å². The fraction of sp³-hybridized carbons (Fsp3) is 0.111. The number of ether oxygens (including phenoxy) is 1. The van der Waals surface area contributed by atoms with Crippen molar-refractivity contribution in [2.75, 3.05) is 0 Å². The highest BCUT2D eigenvalue weighted by molar-refractivity contribution is 7.10. The summed E-state index contributed by atoms with van der Waals surface area (Å²) in [5.74, 6) is 0.288. The highest BCUT2D eigenvalue weighted by Gasteiger charge is 2.32. The van der Waals surface area contributed by atoms with Crippen LogP contribution in [0.3, 0.4) is 0 Å². The lowest BCUT2D eigenvalue weighted by Crippen LogP contribution is -2.17. The van der Waals surface area contributed by atoms with Gasteiger partial charge in [-0.05, 0) is 17.7 Å². The van der Waals surface area contributed by atoms with E-state index in [1.54, 1.807) is 30.3 Å². The summed E-state index contributed by atoms with van der Waals surface area (Å²) in [5.41, 5.74) is 2.46. The molecule has 142 valence electrons. The molecule has 1 N–H and O–H groups in total. The first-order chi connectivity index (χ1) is 13.5. The Kier molecular flexibility index (Phi) is 4.78. The molecular weight excluding hydrogens is 391 g/mol. The summed E-state index contributed by atoms with van der Waals surface area (Å²) in [7, 11) is 0. The molecule has 6 nitrogen and oxygen atoms in total. The summed E-state index contributed by atoms with van der Waals surface area (Å²) in [6.45, 7) is 0. The lowest BCUT2D eigenvalue weighted by molar-refractivity contribution is -0.274. The minimum atomic E-state index is -4.76. The monoisotopic (exact) mass is 403 g/mol. The van der Waals surface area contributed by atoms with Crippen molar-refractivity contribution in [3.63, 3.8) is 0 Å². The second-order valence-electron chi connectivity index (χ2n) is 5.76. The molecule has 0 saturated heterocycles. The molecule has 0 aliphatic rings. The van der Waals surface area contributed by atoms with Gasteiger partial charge in [0, 0.05) is 16.5 Å². The number of aromatic amines is 1. The molecule has 0 bridgehead atoms. The third-order valence-electron chi connectivity index (χ3n) is 3.83. The second kappa shape index (κ2) is 7.39. The van der Waals surface area contributed by atoms with Gasteiger partial charge >= 0.3 is 6.36 Å². The van der Waals surface area contributed by atoms with Gasteiger partial charge in [0.15, 0.2) is 5.82 Å². The molecule has 0 fully saturated rings. The molecule has 4 rings (SSSR count). The number of benzene rings is 2. The van der Waals surface area contributed by atoms with E-state index < -0.39 is 6.36 Å². The van der Waals surface area contributed by atoms with Crippen molar-refractivity contribution in [2.24, 2.45) is 0 Å². The first-order valence-electron chi connectivity index (χ1n) is 8.10. The van der Waals surface area contributed by atoms with Crippen molar-refractivity contribution in [3.8, 4) is 28.1 Å². The van der Waals surface area contributed by atoms with E-state index in [2.05, 4.69) is 30.3 Å². The predicted octanol–water partition coefficient (Wildman–Crippen LogP) is 4.48. The van der Waals surface area contributed by atoms with Crippen LogP contribution in [0.2, 0.25) is 0 Å². The van der Waals surface area contributed by atoms with Gasteiger partial charge in [0.1, 0.15) is 10.8 Å². The lowest BCUT2D eigenvalue weighted by atomic mass is 10.0. The fourth-order valence-electron chi connectivity index (χ4n) is 2.68. The second-order valence-corrected chi connectivity index (χ2v) is 6.70. The van der Waals surface area contributed by atoms with E-state index in [0.29, 0.717) is 23.4 Å². The molecule has 2 aromatic heterocycles. The number of hydrogen-bond acceptors (Lipinski definition) is 6. The van der Waals surface area contributed by atoms with E-state index >= 15 is 0 Å². The molecule has 4 aromatic rings. The molecule has 28 heavy (non-hydrogen) atoms. The zero-order valence-electron chi connectivity index (χ0n) is 14.1. The van der Waals surface area contributed by atoms with Gasteiger partial charge in [-0.2, -0.15) is 5.21 Å². The average Bonchev–Trinajstić information content (AvgIpc) is 3.34. The van der Waals surface area contributed by atoms with E-state index in [1.165, 1.54) is 23.5 Å². The van der Waals surface area contributed by atoms with Crippen molar-refractivity contribution >= 4 is 11.3 Å². The van der Waals surface area contributed by atoms with Crippen LogP contribution in [0.5, 0.6) is 5.75 Å². The molecule has 0 aliphatic heterocycles. The van der Waals surface area contributed by atoms with Crippen LogP contribution in [0.15, 0.2) is 53.9 Å². The van der Waals surface area contributed by atoms with E-state index in [9.17, 15) is 13.2 Å². The number of aromatic nitrogens is 5. The van der Waals surface area contributed by atoms with Gasteiger partial charge < -0.3 is 4.74 Å². The predicted molar refractivity (Wildman–Crippen MR) is 96.7 cm³/mol. The molecule has 0 spiro atoms. The van der Waals surface area contributed by atoms with Gasteiger partial charge in [0.2, 0.25) is 0 Å². The Morgan fingerprint density at radius 3 is 2.64 bits per heavy atom. The molecular formula is C18H12F3N5OS. The Labute approximate surface area is 161 Å². The summed E-state index contributed by atoms with van der Waals surface area (Å²) in [5, 5.41) is 16.4. The molecule has 0 saturated carbocycles. The van der Waals surface area contributed by atoms with Crippen LogP contribution in [-0.4, -0.2) is 32.0 Å². The number of nitrogens with zero attached hydrogens (tertiary/aromatic N) is 4. The number of para-hydroxylation sites is 1. The number of H-pyrrole nitrogens is 1. The summed E-state index contributed by atoms with van der Waals surface area (Å²) >= 11 is 1.45. The molecule has 0 atom stereocenters. The lowest BCUT2D eigenvalue weighted by Gasteiger charge is -2.13. The average molecular weight is 403 g/mol. The van der Waals surface area contributed by atoms with Crippen LogP contribution in [0, 0.1) is 0 Å². The van der Waals surface area contributed by atoms with E-state index in [-0.39, 0.29) is 5.75 Å². The number of tetrazole rings is 1. The van der Waals surface area contributed by atoms with Crippen LogP contribution in [0.4, 0.5) is 13.2 Å². The minimum absolute atomic E-state index is 0.247. The Morgan fingerprint density at radius 2 is 1.86 bits per heavy atom. The maximum atomic E-state index is 12.7. The minimum Gasteiger partial charge on any atom is -0.405 e. The van der Waals surface area contributed by atoms with E-state index in [4.69, 9.17) is 0 Å². The van der Waals surface area contributed by atoms with E-state index in [1.807, 2.05) is 11.4 Å². The Balaban J connectivity index is 1.63. The van der Waals surface area contributed by atoms with Crippen molar-refractivity contribution in [3.05, 3.63) is 64.7 Å². The third-order valence-corrected chi connectivity index (χ3v) is 4.68. The maximum Gasteiger partial charge on any atom is 0.573 e. The number of rotatable bonds is 5. The van der Waals surface area contributed by atoms with Gasteiger partial charge in [-0.1, -0.05) is 41.6 Å². The van der Waals surface area contributed by atoms with Crippen LogP contribution in [0.1, 0.15) is 10.8 Å². The highest BCUT2D eigenvalue weighted by Crippen LogP contribution is 2.35. The van der Waals surface area contributed by atoms with Crippen molar-refractivity contribution in [2.45, 2.75) is 12.8 Å². The van der Waals surface area contributed by atoms with Gasteiger partial charge in [-0.3, -0.25) is 0 Å². The zero-order chi connectivity index (χ0) is 19.6. The molecule has 10 heteroatoms. The van der Waals surface area contributed by atoms with Crippen LogP contribution >= 0.6 is 11.3 Å². The summed E-state index contributed by atoms with van der Waals surface area (Å²) in [4.78, 5) is 4.56. The smallest absolute Gasteiger partial charge is 0.405 e. The highest BCUT2D eigenvalue weighted by atomic mass is 32.1. The Hall–Kier alpha value is -3.27.